The molecule has 0 bridgehead atoms. The van der Waals surface area contributed by atoms with Crippen molar-refractivity contribution >= 4 is 38.7 Å². The van der Waals surface area contributed by atoms with Gasteiger partial charge in [-0.15, -0.1) is 0 Å². The number of hydrogen-bond donors (Lipinski definition) is 0. The number of benzene rings is 2. The van der Waals surface area contributed by atoms with E-state index in [0.29, 0.717) is 33.2 Å². The molecule has 2 atom stereocenters. The van der Waals surface area contributed by atoms with Gasteiger partial charge in [0.15, 0.2) is 0 Å². The van der Waals surface area contributed by atoms with E-state index in [-0.39, 0.29) is 0 Å². The van der Waals surface area contributed by atoms with Gasteiger partial charge in [0.25, 0.3) is 0 Å². The molecule has 0 fully saturated rings. The molecule has 0 saturated heterocycles. The molecule has 169 valence electrons. The molecule has 2 aliphatic rings. The third-order valence-corrected chi connectivity index (χ3v) is 8.60. The van der Waals surface area contributed by atoms with Crippen LogP contribution in [0.3, 0.4) is 0 Å². The Bertz CT molecular complexity index is 927. The molecule has 2 aromatic rings. The standard InChI is InChI=1S/C28H35Si.2ClH.Zr/c1-17(2)21-9-7-11-23-25(21)13-19(5)27(23)15-29-16-28-20(6)14-26-22(18(3)4)10-8-12-24(26)28;;;/h7-14,17-18,27-29H,15-16H2,1-6H3;2*1H;/q;;;+2/p-2. The molecule has 2 aromatic carbocycles. The molecule has 1 radical (unpaired) electrons. The quantitative estimate of drug-likeness (QED) is 0.308. The van der Waals surface area contributed by atoms with Gasteiger partial charge in [-0.25, -0.2) is 0 Å². The van der Waals surface area contributed by atoms with Crippen LogP contribution < -0.4 is 0 Å². The summed E-state index contributed by atoms with van der Waals surface area (Å²) in [5, 5.41) is 0. The zero-order chi connectivity index (χ0) is 23.4. The minimum absolute atomic E-state index is 0.431. The Morgan fingerprint density at radius 1 is 0.750 bits per heavy atom. The molecule has 2 unspecified atom stereocenters. The zero-order valence-electron chi connectivity index (χ0n) is 20.2. The van der Waals surface area contributed by atoms with Crippen LogP contribution in [0.5, 0.6) is 0 Å². The topological polar surface area (TPSA) is 0 Å². The van der Waals surface area contributed by atoms with Crippen molar-refractivity contribution in [2.24, 2.45) is 0 Å². The first-order chi connectivity index (χ1) is 15.3. The van der Waals surface area contributed by atoms with E-state index in [9.17, 15) is 0 Å². The van der Waals surface area contributed by atoms with Crippen molar-refractivity contribution in [1.82, 2.24) is 0 Å². The number of rotatable bonds is 6. The number of fused-ring (bicyclic) bond motifs is 2. The number of allylic oxidation sites excluding steroid dienone is 2. The van der Waals surface area contributed by atoms with Gasteiger partial charge >= 0.3 is 37.9 Å². The molecule has 4 heteroatoms. The Balaban J connectivity index is 0.000000913. The molecule has 0 amide bonds. The van der Waals surface area contributed by atoms with E-state index < -0.39 is 20.8 Å². The van der Waals surface area contributed by atoms with Crippen molar-refractivity contribution < 1.29 is 20.8 Å². The van der Waals surface area contributed by atoms with Crippen LogP contribution in [0.1, 0.15) is 98.6 Å². The normalized spacial score (nSPS) is 18.7. The van der Waals surface area contributed by atoms with Crippen molar-refractivity contribution in [3.05, 3.63) is 80.9 Å². The van der Waals surface area contributed by atoms with Crippen molar-refractivity contribution in [3.63, 3.8) is 0 Å². The first-order valence-electron chi connectivity index (χ1n) is 11.7. The van der Waals surface area contributed by atoms with Gasteiger partial charge in [-0.1, -0.05) is 99.5 Å². The van der Waals surface area contributed by atoms with E-state index >= 15 is 0 Å². The molecule has 32 heavy (non-hydrogen) atoms. The third kappa shape index (κ3) is 5.63. The summed E-state index contributed by atoms with van der Waals surface area (Å²) in [6.07, 6.45) is 4.94. The van der Waals surface area contributed by atoms with Crippen LogP contribution in [-0.2, 0) is 20.8 Å². The van der Waals surface area contributed by atoms with Crippen LogP contribution in [0.15, 0.2) is 47.5 Å². The fourth-order valence-corrected chi connectivity index (χ4v) is 7.46. The van der Waals surface area contributed by atoms with Gasteiger partial charge in [0.2, 0.25) is 0 Å². The van der Waals surface area contributed by atoms with Crippen LogP contribution in [-0.4, -0.2) is 9.52 Å². The first kappa shape index (κ1) is 26.2. The van der Waals surface area contributed by atoms with E-state index in [0.717, 1.165) is 0 Å². The predicted octanol–water partition coefficient (Wildman–Crippen LogP) is 9.28. The summed E-state index contributed by atoms with van der Waals surface area (Å²) in [7, 11) is 10.3. The Labute approximate surface area is 216 Å². The van der Waals surface area contributed by atoms with E-state index in [1.165, 1.54) is 34.3 Å². The second-order valence-electron chi connectivity index (χ2n) is 9.72. The van der Waals surface area contributed by atoms with Gasteiger partial charge in [0.05, 0.1) is 0 Å². The molecule has 0 heterocycles. The second-order valence-corrected chi connectivity index (χ2v) is 15.0. The predicted molar refractivity (Wildman–Crippen MR) is 142 cm³/mol. The number of hydrogen-bond acceptors (Lipinski definition) is 0. The first-order valence-corrected chi connectivity index (χ1v) is 19.7. The molecule has 2 aliphatic carbocycles. The van der Waals surface area contributed by atoms with Crippen LogP contribution >= 0.6 is 17.0 Å². The van der Waals surface area contributed by atoms with Gasteiger partial charge < -0.3 is 0 Å². The summed E-state index contributed by atoms with van der Waals surface area (Å²) in [4.78, 5) is 0. The van der Waals surface area contributed by atoms with Gasteiger partial charge in [0.1, 0.15) is 0 Å². The van der Waals surface area contributed by atoms with Gasteiger partial charge in [-0.05, 0) is 59.1 Å². The van der Waals surface area contributed by atoms with Crippen LogP contribution in [0.2, 0.25) is 12.1 Å². The molecular formula is C28H35Cl2SiZr. The van der Waals surface area contributed by atoms with Gasteiger partial charge in [-0.2, -0.15) is 0 Å². The Hall–Kier alpha value is -0.400. The van der Waals surface area contributed by atoms with E-state index in [1.807, 2.05) is 0 Å². The summed E-state index contributed by atoms with van der Waals surface area (Å²) < 4.78 is 0. The zero-order valence-corrected chi connectivity index (χ0v) is 25.3. The average Bonchev–Trinajstić information content (AvgIpc) is 3.24. The fraction of sp³-hybridized carbons (Fsp3) is 0.429. The maximum atomic E-state index is 4.93. The SMILES string of the molecule is CC1=Cc2c(C(C)C)cccc2C1C[SiH]CC1C(C)=Cc2c(C(C)C)cccc21.[Cl][Zr][Cl]. The Morgan fingerprint density at radius 3 is 1.47 bits per heavy atom. The molecule has 0 N–H and O–H groups in total. The summed E-state index contributed by atoms with van der Waals surface area (Å²) >= 11 is -0.826. The summed E-state index contributed by atoms with van der Waals surface area (Å²) in [6, 6.07) is 16.6. The molecule has 0 spiro atoms. The Kier molecular flexibility index (Phi) is 9.69. The Morgan fingerprint density at radius 2 is 1.12 bits per heavy atom. The second kappa shape index (κ2) is 11.8. The molecule has 0 saturated carbocycles. The van der Waals surface area contributed by atoms with Crippen LogP contribution in [0.25, 0.3) is 12.2 Å². The van der Waals surface area contributed by atoms with Crippen molar-refractivity contribution in [2.75, 3.05) is 0 Å². The molecule has 0 nitrogen and oxygen atoms in total. The third-order valence-electron chi connectivity index (χ3n) is 6.99. The van der Waals surface area contributed by atoms with Gasteiger partial charge in [-0.3, -0.25) is 0 Å². The summed E-state index contributed by atoms with van der Waals surface area (Å²) in [5.74, 6) is 2.48. The average molecular weight is 562 g/mol. The fourth-order valence-electron chi connectivity index (χ4n) is 5.35. The summed E-state index contributed by atoms with van der Waals surface area (Å²) in [5.41, 5.74) is 12.4. The minimum atomic E-state index is -0.826. The van der Waals surface area contributed by atoms with E-state index in [1.54, 1.807) is 22.3 Å². The monoisotopic (exact) mass is 559 g/mol. The van der Waals surface area contributed by atoms with Crippen molar-refractivity contribution in [3.8, 4) is 0 Å². The summed E-state index contributed by atoms with van der Waals surface area (Å²) in [6.45, 7) is 14.0. The van der Waals surface area contributed by atoms with E-state index in [2.05, 4.69) is 90.1 Å². The molecular weight excluding hydrogens is 527 g/mol. The van der Waals surface area contributed by atoms with Crippen molar-refractivity contribution in [2.45, 2.75) is 77.3 Å². The molecule has 0 aromatic heterocycles. The van der Waals surface area contributed by atoms with Crippen LogP contribution in [0, 0.1) is 0 Å². The molecule has 0 aliphatic heterocycles. The van der Waals surface area contributed by atoms with Gasteiger partial charge in [0, 0.05) is 21.4 Å². The van der Waals surface area contributed by atoms with Crippen molar-refractivity contribution in [1.29, 1.82) is 0 Å². The number of halogens is 2. The van der Waals surface area contributed by atoms with E-state index in [4.69, 9.17) is 17.0 Å². The van der Waals surface area contributed by atoms with Crippen LogP contribution in [0.4, 0.5) is 0 Å². The molecule has 4 rings (SSSR count). The maximum absolute atomic E-state index is 4.93.